The molecule has 2 rings (SSSR count). The van der Waals surface area contributed by atoms with Crippen LogP contribution in [-0.4, -0.2) is 16.0 Å². The molecule has 0 saturated heterocycles. The topological polar surface area (TPSA) is 69.6 Å². The van der Waals surface area contributed by atoms with Gasteiger partial charge in [0.1, 0.15) is 5.78 Å². The van der Waals surface area contributed by atoms with Crippen LogP contribution in [0.1, 0.15) is 22.5 Å². The van der Waals surface area contributed by atoms with Crippen LogP contribution in [-0.2, 0) is 11.1 Å². The molecular weight excluding hydrogens is 317 g/mol. The molecule has 1 atom stereocenters. The van der Waals surface area contributed by atoms with Crippen molar-refractivity contribution in [1.82, 2.24) is 5.32 Å². The lowest BCUT2D eigenvalue weighted by Gasteiger charge is -2.20. The molecule has 3 N–H and O–H groups in total. The number of hydrogen-bond acceptors (Lipinski definition) is 3. The van der Waals surface area contributed by atoms with E-state index in [9.17, 15) is 14.4 Å². The third-order valence-electron chi connectivity index (χ3n) is 3.39. The molecule has 0 aliphatic rings. The summed E-state index contributed by atoms with van der Waals surface area (Å²) < 4.78 is 11.8. The molecular formula is C16H20NO3PS. The zero-order valence-electron chi connectivity index (χ0n) is 12.6. The molecule has 0 bridgehead atoms. The molecule has 0 spiro atoms. The minimum Gasteiger partial charge on any atom is -0.323 e. The summed E-state index contributed by atoms with van der Waals surface area (Å²) in [6.07, 6.45) is 1.96. The molecule has 2 aromatic rings. The van der Waals surface area contributed by atoms with Gasteiger partial charge in [-0.05, 0) is 36.4 Å². The second-order valence-electron chi connectivity index (χ2n) is 5.13. The fourth-order valence-corrected chi connectivity index (χ4v) is 3.44. The Hall–Kier alpha value is -1.10. The van der Waals surface area contributed by atoms with Gasteiger partial charge in [-0.1, -0.05) is 42.0 Å². The van der Waals surface area contributed by atoms with Crippen molar-refractivity contribution in [3.63, 3.8) is 0 Å². The quantitative estimate of drug-likeness (QED) is 0.554. The first-order valence-electron chi connectivity index (χ1n) is 6.88. The van der Waals surface area contributed by atoms with Crippen molar-refractivity contribution in [2.75, 3.05) is 6.26 Å². The monoisotopic (exact) mass is 337 g/mol. The van der Waals surface area contributed by atoms with Gasteiger partial charge in [-0.3, -0.25) is 9.88 Å². The van der Waals surface area contributed by atoms with Crippen molar-refractivity contribution >= 4 is 19.4 Å². The molecule has 2 aromatic carbocycles. The van der Waals surface area contributed by atoms with Crippen LogP contribution < -0.4 is 5.32 Å². The van der Waals surface area contributed by atoms with Gasteiger partial charge in [-0.2, -0.15) is 0 Å². The van der Waals surface area contributed by atoms with Crippen molar-refractivity contribution in [2.45, 2.75) is 24.1 Å². The fourth-order valence-electron chi connectivity index (χ4n) is 2.14. The third kappa shape index (κ3) is 4.70. The highest BCUT2D eigenvalue weighted by atomic mass is 32.2. The predicted octanol–water partition coefficient (Wildman–Crippen LogP) is 3.68. The van der Waals surface area contributed by atoms with E-state index in [0.29, 0.717) is 12.1 Å². The Kier molecular flexibility index (Phi) is 5.84. The molecule has 6 heteroatoms. The van der Waals surface area contributed by atoms with Gasteiger partial charge in [-0.15, -0.1) is 11.8 Å². The van der Waals surface area contributed by atoms with Crippen LogP contribution in [0.5, 0.6) is 0 Å². The highest BCUT2D eigenvalue weighted by Gasteiger charge is 2.29. The number of nitrogens with one attached hydrogen (secondary N) is 1. The van der Waals surface area contributed by atoms with E-state index >= 15 is 0 Å². The zero-order valence-corrected chi connectivity index (χ0v) is 14.3. The van der Waals surface area contributed by atoms with Crippen LogP contribution in [0.2, 0.25) is 0 Å². The average molecular weight is 337 g/mol. The van der Waals surface area contributed by atoms with Crippen LogP contribution in [0.4, 0.5) is 0 Å². The lowest BCUT2D eigenvalue weighted by molar-refractivity contribution is 0.347. The number of rotatable bonds is 6. The molecule has 118 valence electrons. The normalized spacial score (nSPS) is 13.1. The molecule has 0 fully saturated rings. The highest BCUT2D eigenvalue weighted by molar-refractivity contribution is 7.98. The van der Waals surface area contributed by atoms with E-state index in [-0.39, 0.29) is 0 Å². The van der Waals surface area contributed by atoms with Crippen molar-refractivity contribution < 1.29 is 14.4 Å². The standard InChI is InChI=1S/C16H20NO3PS/c1-12-3-5-13(6-4-12)11-17-16(21(18,19)20)14-7-9-15(22-2)10-8-14/h3-10,16-17H,11H2,1-2H3,(H2,18,19,20). The molecule has 0 aromatic heterocycles. The fraction of sp³-hybridized carbons (Fsp3) is 0.250. The zero-order chi connectivity index (χ0) is 16.2. The Balaban J connectivity index is 2.15. The van der Waals surface area contributed by atoms with E-state index < -0.39 is 13.4 Å². The summed E-state index contributed by atoms with van der Waals surface area (Å²) in [7, 11) is -4.29. The Morgan fingerprint density at radius 1 is 1.09 bits per heavy atom. The molecule has 0 radical (unpaired) electrons. The molecule has 4 nitrogen and oxygen atoms in total. The molecule has 1 unspecified atom stereocenters. The van der Waals surface area contributed by atoms with Crippen molar-refractivity contribution in [3.05, 3.63) is 65.2 Å². The Labute approximate surface area is 135 Å². The summed E-state index contributed by atoms with van der Waals surface area (Å²) in [5.41, 5.74) is 2.74. The maximum Gasteiger partial charge on any atom is 0.346 e. The van der Waals surface area contributed by atoms with Crippen LogP contribution in [0, 0.1) is 6.92 Å². The van der Waals surface area contributed by atoms with Crippen LogP contribution in [0.3, 0.4) is 0 Å². The summed E-state index contributed by atoms with van der Waals surface area (Å²) in [4.78, 5) is 20.3. The second-order valence-corrected chi connectivity index (χ2v) is 7.71. The molecule has 0 aliphatic heterocycles. The molecule has 0 aliphatic carbocycles. The Morgan fingerprint density at radius 3 is 2.18 bits per heavy atom. The van der Waals surface area contributed by atoms with Gasteiger partial charge in [0.25, 0.3) is 0 Å². The van der Waals surface area contributed by atoms with E-state index in [0.717, 1.165) is 16.0 Å². The van der Waals surface area contributed by atoms with Crippen molar-refractivity contribution in [1.29, 1.82) is 0 Å². The highest BCUT2D eigenvalue weighted by Crippen LogP contribution is 2.50. The van der Waals surface area contributed by atoms with E-state index in [1.54, 1.807) is 23.9 Å². The molecule has 0 amide bonds. The first-order chi connectivity index (χ1) is 10.4. The summed E-state index contributed by atoms with van der Waals surface area (Å²) in [5, 5.41) is 2.98. The van der Waals surface area contributed by atoms with E-state index in [2.05, 4.69) is 5.32 Å². The number of hydrogen-bond donors (Lipinski definition) is 3. The van der Waals surface area contributed by atoms with Gasteiger partial charge in [0.15, 0.2) is 0 Å². The summed E-state index contributed by atoms with van der Waals surface area (Å²) in [6, 6.07) is 15.1. The van der Waals surface area contributed by atoms with Gasteiger partial charge in [-0.25, -0.2) is 0 Å². The summed E-state index contributed by atoms with van der Waals surface area (Å²) in [6.45, 7) is 2.41. The largest absolute Gasteiger partial charge is 0.346 e. The second kappa shape index (κ2) is 7.44. The number of aryl methyl sites for hydroxylation is 1. The van der Waals surface area contributed by atoms with E-state index in [1.807, 2.05) is 49.6 Å². The van der Waals surface area contributed by atoms with Gasteiger partial charge < -0.3 is 9.79 Å². The van der Waals surface area contributed by atoms with Gasteiger partial charge in [0, 0.05) is 11.4 Å². The Bertz CT molecular complexity index is 652. The minimum atomic E-state index is -4.29. The summed E-state index contributed by atoms with van der Waals surface area (Å²) in [5.74, 6) is -0.996. The smallest absolute Gasteiger partial charge is 0.323 e. The minimum absolute atomic E-state index is 0.403. The van der Waals surface area contributed by atoms with Crippen molar-refractivity contribution in [3.8, 4) is 0 Å². The maximum atomic E-state index is 11.8. The first kappa shape index (κ1) is 17.3. The number of benzene rings is 2. The molecule has 0 heterocycles. The Morgan fingerprint density at radius 2 is 1.68 bits per heavy atom. The lowest BCUT2D eigenvalue weighted by Crippen LogP contribution is -2.21. The van der Waals surface area contributed by atoms with Crippen LogP contribution >= 0.6 is 19.4 Å². The van der Waals surface area contributed by atoms with Gasteiger partial charge in [0.2, 0.25) is 0 Å². The van der Waals surface area contributed by atoms with Crippen LogP contribution in [0.15, 0.2) is 53.4 Å². The lowest BCUT2D eigenvalue weighted by atomic mass is 10.1. The number of thioether (sulfide) groups is 1. The third-order valence-corrected chi connectivity index (χ3v) is 5.29. The molecule has 22 heavy (non-hydrogen) atoms. The first-order valence-corrected chi connectivity index (χ1v) is 9.79. The SMILES string of the molecule is CSc1ccc(C(NCc2ccc(C)cc2)P(=O)(O)O)cc1. The predicted molar refractivity (Wildman–Crippen MR) is 91.0 cm³/mol. The average Bonchev–Trinajstić information content (AvgIpc) is 2.49. The maximum absolute atomic E-state index is 11.8. The van der Waals surface area contributed by atoms with Gasteiger partial charge >= 0.3 is 7.60 Å². The van der Waals surface area contributed by atoms with Gasteiger partial charge in [0.05, 0.1) is 0 Å². The van der Waals surface area contributed by atoms with E-state index in [4.69, 9.17) is 0 Å². The van der Waals surface area contributed by atoms with Crippen LogP contribution in [0.25, 0.3) is 0 Å². The molecule has 0 saturated carbocycles. The van der Waals surface area contributed by atoms with Crippen molar-refractivity contribution in [2.24, 2.45) is 0 Å². The van der Waals surface area contributed by atoms with E-state index in [1.165, 1.54) is 0 Å². The summed E-state index contributed by atoms with van der Waals surface area (Å²) >= 11 is 1.59.